The van der Waals surface area contributed by atoms with E-state index in [1.54, 1.807) is 6.07 Å². The van der Waals surface area contributed by atoms with Crippen LogP contribution in [0.15, 0.2) is 22.7 Å². The van der Waals surface area contributed by atoms with Gasteiger partial charge < -0.3 is 5.73 Å². The molecule has 2 rings (SSSR count). The van der Waals surface area contributed by atoms with Gasteiger partial charge in [-0.25, -0.2) is 4.39 Å². The fraction of sp³-hybridized carbons (Fsp3) is 0.438. The van der Waals surface area contributed by atoms with Gasteiger partial charge in [-0.15, -0.1) is 0 Å². The van der Waals surface area contributed by atoms with Gasteiger partial charge in [-0.3, -0.25) is 4.68 Å². The predicted octanol–water partition coefficient (Wildman–Crippen LogP) is 3.46. The van der Waals surface area contributed by atoms with E-state index in [2.05, 4.69) is 34.9 Å². The maximum Gasteiger partial charge on any atom is 0.129 e. The Labute approximate surface area is 133 Å². The topological polar surface area (TPSA) is 43.8 Å². The minimum Gasteiger partial charge on any atom is -0.330 e. The SMILES string of the molecule is CCc1nn(Cc2ccc(Br)cc2F)c(CC)c1CCN. The molecule has 0 saturated heterocycles. The molecule has 0 unspecified atom stereocenters. The summed E-state index contributed by atoms with van der Waals surface area (Å²) < 4.78 is 16.7. The van der Waals surface area contributed by atoms with Crippen LogP contribution in [0.2, 0.25) is 0 Å². The van der Waals surface area contributed by atoms with Crippen molar-refractivity contribution in [3.05, 3.63) is 51.0 Å². The second-order valence-corrected chi connectivity index (χ2v) is 5.93. The second kappa shape index (κ2) is 7.18. The van der Waals surface area contributed by atoms with Crippen LogP contribution in [0.4, 0.5) is 4.39 Å². The van der Waals surface area contributed by atoms with E-state index in [9.17, 15) is 4.39 Å². The lowest BCUT2D eigenvalue weighted by Gasteiger charge is -2.09. The Bertz CT molecular complexity index is 622. The van der Waals surface area contributed by atoms with Crippen molar-refractivity contribution in [2.75, 3.05) is 6.54 Å². The summed E-state index contributed by atoms with van der Waals surface area (Å²) in [6, 6.07) is 5.15. The number of benzene rings is 1. The minimum atomic E-state index is -0.208. The molecule has 0 fully saturated rings. The van der Waals surface area contributed by atoms with Gasteiger partial charge in [0.15, 0.2) is 0 Å². The molecule has 3 nitrogen and oxygen atoms in total. The van der Waals surface area contributed by atoms with E-state index in [1.807, 2.05) is 10.7 Å². The Morgan fingerprint density at radius 1 is 1.29 bits per heavy atom. The van der Waals surface area contributed by atoms with E-state index in [1.165, 1.54) is 17.3 Å². The monoisotopic (exact) mass is 353 g/mol. The zero-order chi connectivity index (χ0) is 15.4. The highest BCUT2D eigenvalue weighted by molar-refractivity contribution is 9.10. The third kappa shape index (κ3) is 3.52. The van der Waals surface area contributed by atoms with Crippen LogP contribution in [0.1, 0.15) is 36.4 Å². The van der Waals surface area contributed by atoms with E-state index in [0.29, 0.717) is 18.7 Å². The molecular weight excluding hydrogens is 333 g/mol. The van der Waals surface area contributed by atoms with Crippen LogP contribution in [0, 0.1) is 5.82 Å². The molecule has 0 aliphatic carbocycles. The first-order valence-corrected chi connectivity index (χ1v) is 8.11. The lowest BCUT2D eigenvalue weighted by atomic mass is 10.1. The Hall–Kier alpha value is -1.20. The molecule has 0 atom stereocenters. The summed E-state index contributed by atoms with van der Waals surface area (Å²) >= 11 is 3.28. The maximum absolute atomic E-state index is 14.0. The number of aryl methyl sites for hydroxylation is 1. The lowest BCUT2D eigenvalue weighted by molar-refractivity contribution is 0.572. The second-order valence-electron chi connectivity index (χ2n) is 5.01. The number of hydrogen-bond acceptors (Lipinski definition) is 2. The molecular formula is C16H21BrFN3. The molecule has 1 heterocycles. The van der Waals surface area contributed by atoms with Crippen molar-refractivity contribution < 1.29 is 4.39 Å². The highest BCUT2D eigenvalue weighted by Crippen LogP contribution is 2.20. The summed E-state index contributed by atoms with van der Waals surface area (Å²) in [6.07, 6.45) is 2.58. The molecule has 1 aromatic heterocycles. The van der Waals surface area contributed by atoms with Crippen LogP contribution in [0.5, 0.6) is 0 Å². The molecule has 0 radical (unpaired) electrons. The zero-order valence-electron chi connectivity index (χ0n) is 12.5. The Morgan fingerprint density at radius 3 is 2.62 bits per heavy atom. The lowest BCUT2D eigenvalue weighted by Crippen LogP contribution is -2.09. The van der Waals surface area contributed by atoms with Gasteiger partial charge >= 0.3 is 0 Å². The largest absolute Gasteiger partial charge is 0.330 e. The smallest absolute Gasteiger partial charge is 0.129 e. The van der Waals surface area contributed by atoms with Crippen LogP contribution < -0.4 is 5.73 Å². The molecule has 1 aromatic carbocycles. The Morgan fingerprint density at radius 2 is 2.05 bits per heavy atom. The van der Waals surface area contributed by atoms with Gasteiger partial charge in [-0.05, 0) is 43.5 Å². The van der Waals surface area contributed by atoms with Gasteiger partial charge in [0.25, 0.3) is 0 Å². The first-order valence-electron chi connectivity index (χ1n) is 7.32. The van der Waals surface area contributed by atoms with Crippen LogP contribution in [0.25, 0.3) is 0 Å². The van der Waals surface area contributed by atoms with Crippen LogP contribution in [-0.2, 0) is 25.8 Å². The van der Waals surface area contributed by atoms with Crippen LogP contribution in [0.3, 0.4) is 0 Å². The summed E-state index contributed by atoms with van der Waals surface area (Å²) in [7, 11) is 0. The molecule has 2 N–H and O–H groups in total. The van der Waals surface area contributed by atoms with E-state index in [4.69, 9.17) is 5.73 Å². The normalized spacial score (nSPS) is 11.1. The molecule has 2 aromatic rings. The predicted molar refractivity (Wildman–Crippen MR) is 86.9 cm³/mol. The number of halogens is 2. The van der Waals surface area contributed by atoms with E-state index >= 15 is 0 Å². The fourth-order valence-electron chi connectivity index (χ4n) is 2.64. The third-order valence-corrected chi connectivity index (χ3v) is 4.14. The Kier molecular flexibility index (Phi) is 5.53. The van der Waals surface area contributed by atoms with Crippen molar-refractivity contribution in [1.82, 2.24) is 9.78 Å². The minimum absolute atomic E-state index is 0.208. The third-order valence-electron chi connectivity index (χ3n) is 3.65. The van der Waals surface area contributed by atoms with E-state index < -0.39 is 0 Å². The average molecular weight is 354 g/mol. The highest BCUT2D eigenvalue weighted by atomic mass is 79.9. The van der Waals surface area contributed by atoms with E-state index in [-0.39, 0.29) is 5.82 Å². The van der Waals surface area contributed by atoms with Crippen molar-refractivity contribution >= 4 is 15.9 Å². The van der Waals surface area contributed by atoms with Crippen molar-refractivity contribution in [3.8, 4) is 0 Å². The van der Waals surface area contributed by atoms with Crippen molar-refractivity contribution in [2.45, 2.75) is 39.7 Å². The molecule has 0 saturated carbocycles. The maximum atomic E-state index is 14.0. The van der Waals surface area contributed by atoms with Crippen molar-refractivity contribution in [2.24, 2.45) is 5.73 Å². The molecule has 0 aliphatic rings. The van der Waals surface area contributed by atoms with Crippen molar-refractivity contribution in [1.29, 1.82) is 0 Å². The first-order chi connectivity index (χ1) is 10.1. The molecule has 0 spiro atoms. The van der Waals surface area contributed by atoms with Gasteiger partial charge in [0.1, 0.15) is 5.82 Å². The van der Waals surface area contributed by atoms with Crippen LogP contribution in [-0.4, -0.2) is 16.3 Å². The van der Waals surface area contributed by atoms with Gasteiger partial charge in [0.05, 0.1) is 12.2 Å². The molecule has 114 valence electrons. The number of aromatic nitrogens is 2. The van der Waals surface area contributed by atoms with Gasteiger partial charge in [-0.2, -0.15) is 5.10 Å². The molecule has 5 heteroatoms. The fourth-order valence-corrected chi connectivity index (χ4v) is 2.98. The van der Waals surface area contributed by atoms with E-state index in [0.717, 1.165) is 29.4 Å². The highest BCUT2D eigenvalue weighted by Gasteiger charge is 2.16. The first kappa shape index (κ1) is 16.2. The summed E-state index contributed by atoms with van der Waals surface area (Å²) in [6.45, 7) is 5.26. The quantitative estimate of drug-likeness (QED) is 0.864. The summed E-state index contributed by atoms with van der Waals surface area (Å²) in [4.78, 5) is 0. The number of nitrogens with two attached hydrogens (primary N) is 1. The summed E-state index contributed by atoms with van der Waals surface area (Å²) in [5.41, 5.74) is 9.84. The van der Waals surface area contributed by atoms with Gasteiger partial charge in [0, 0.05) is 15.7 Å². The zero-order valence-corrected chi connectivity index (χ0v) is 14.1. The van der Waals surface area contributed by atoms with Crippen molar-refractivity contribution in [3.63, 3.8) is 0 Å². The molecule has 0 amide bonds. The molecule has 21 heavy (non-hydrogen) atoms. The summed E-state index contributed by atoms with van der Waals surface area (Å²) in [5, 5.41) is 4.66. The average Bonchev–Trinajstić information content (AvgIpc) is 2.79. The van der Waals surface area contributed by atoms with Crippen LogP contribution >= 0.6 is 15.9 Å². The van der Waals surface area contributed by atoms with Gasteiger partial charge in [-0.1, -0.05) is 35.8 Å². The van der Waals surface area contributed by atoms with Gasteiger partial charge in [0.2, 0.25) is 0 Å². The number of rotatable bonds is 6. The Balaban J connectivity index is 2.39. The number of hydrogen-bond donors (Lipinski definition) is 1. The standard InChI is InChI=1S/C16H21BrFN3/c1-3-15-13(7-8-19)16(4-2)21(20-15)10-11-5-6-12(17)9-14(11)18/h5-6,9H,3-4,7-8,10,19H2,1-2H3. The molecule has 0 bridgehead atoms. The molecule has 0 aliphatic heterocycles. The number of nitrogens with zero attached hydrogens (tertiary/aromatic N) is 2. The summed E-state index contributed by atoms with van der Waals surface area (Å²) in [5.74, 6) is -0.208.